The van der Waals surface area contributed by atoms with E-state index in [1.54, 1.807) is 6.20 Å². The lowest BCUT2D eigenvalue weighted by Crippen LogP contribution is -2.32. The lowest BCUT2D eigenvalue weighted by Gasteiger charge is -2.29. The lowest BCUT2D eigenvalue weighted by molar-refractivity contribution is 0.127. The van der Waals surface area contributed by atoms with Gasteiger partial charge >= 0.3 is 0 Å². The number of aliphatic hydroxyl groups excluding tert-OH is 1. The predicted molar refractivity (Wildman–Crippen MR) is 84.4 cm³/mol. The van der Waals surface area contributed by atoms with Crippen molar-refractivity contribution in [2.45, 2.75) is 40.0 Å². The molecular weight excluding hydrogens is 276 g/mol. The van der Waals surface area contributed by atoms with Gasteiger partial charge in [-0.3, -0.25) is 0 Å². The fourth-order valence-electron chi connectivity index (χ4n) is 1.86. The molecular formula is C14H25ClN4O. The minimum atomic E-state index is -0.134. The Balaban J connectivity index is 2.75. The van der Waals surface area contributed by atoms with Crippen LogP contribution >= 0.6 is 11.6 Å². The van der Waals surface area contributed by atoms with Crippen molar-refractivity contribution in [3.8, 4) is 0 Å². The van der Waals surface area contributed by atoms with Crippen molar-refractivity contribution in [1.82, 2.24) is 9.97 Å². The van der Waals surface area contributed by atoms with Crippen LogP contribution in [-0.4, -0.2) is 34.8 Å². The fourth-order valence-corrected chi connectivity index (χ4v) is 2.02. The zero-order valence-corrected chi connectivity index (χ0v) is 13.3. The lowest BCUT2D eigenvalue weighted by atomic mass is 9.83. The van der Waals surface area contributed by atoms with Gasteiger partial charge < -0.3 is 15.7 Å². The Labute approximate surface area is 126 Å². The highest BCUT2D eigenvalue weighted by Gasteiger charge is 2.25. The average Bonchev–Trinajstić information content (AvgIpc) is 2.49. The summed E-state index contributed by atoms with van der Waals surface area (Å²) in [7, 11) is 0. The highest BCUT2D eigenvalue weighted by Crippen LogP contribution is 2.27. The molecule has 0 unspecified atom stereocenters. The number of nitrogens with one attached hydrogen (secondary N) is 2. The van der Waals surface area contributed by atoms with Crippen LogP contribution in [0.4, 0.5) is 11.8 Å². The zero-order valence-electron chi connectivity index (χ0n) is 12.5. The molecule has 3 N–H and O–H groups in total. The number of aliphatic hydroxyl groups is 1. The summed E-state index contributed by atoms with van der Waals surface area (Å²) >= 11 is 6.11. The largest absolute Gasteiger partial charge is 0.396 e. The van der Waals surface area contributed by atoms with Gasteiger partial charge in [0, 0.05) is 18.5 Å². The summed E-state index contributed by atoms with van der Waals surface area (Å²) in [5, 5.41) is 16.4. The van der Waals surface area contributed by atoms with Gasteiger partial charge in [0.2, 0.25) is 5.95 Å². The summed E-state index contributed by atoms with van der Waals surface area (Å²) in [6.07, 6.45) is 4.40. The van der Waals surface area contributed by atoms with Gasteiger partial charge in [0.15, 0.2) is 5.82 Å². The van der Waals surface area contributed by atoms with Crippen LogP contribution < -0.4 is 10.6 Å². The normalized spacial score (nSPS) is 11.4. The van der Waals surface area contributed by atoms with Crippen LogP contribution in [0.15, 0.2) is 6.20 Å². The highest BCUT2D eigenvalue weighted by atomic mass is 35.5. The molecule has 0 fully saturated rings. The van der Waals surface area contributed by atoms with E-state index in [1.807, 2.05) is 0 Å². The summed E-state index contributed by atoms with van der Waals surface area (Å²) < 4.78 is 0. The summed E-state index contributed by atoms with van der Waals surface area (Å²) in [6, 6.07) is 0. The SMILES string of the molecule is CCCNc1ncc(Cl)c(NCC(CC)(CC)CO)n1. The number of nitrogens with zero attached hydrogens (tertiary/aromatic N) is 2. The number of hydrogen-bond acceptors (Lipinski definition) is 5. The monoisotopic (exact) mass is 300 g/mol. The number of halogens is 1. The maximum absolute atomic E-state index is 9.58. The van der Waals surface area contributed by atoms with E-state index in [0.717, 1.165) is 25.8 Å². The van der Waals surface area contributed by atoms with Gasteiger partial charge in [-0.1, -0.05) is 32.4 Å². The van der Waals surface area contributed by atoms with Crippen molar-refractivity contribution in [1.29, 1.82) is 0 Å². The number of aromatic nitrogens is 2. The Hall–Kier alpha value is -1.07. The molecule has 5 nitrogen and oxygen atoms in total. The molecule has 0 saturated carbocycles. The standard InChI is InChI=1S/C14H25ClN4O/c1-4-7-16-13-17-8-11(15)12(19-13)18-9-14(5-2,6-3)10-20/h8,20H,4-7,9-10H2,1-3H3,(H2,16,17,18,19). The van der Waals surface area contributed by atoms with E-state index in [-0.39, 0.29) is 12.0 Å². The maximum Gasteiger partial charge on any atom is 0.224 e. The molecule has 6 heteroatoms. The summed E-state index contributed by atoms with van der Waals surface area (Å²) in [6.45, 7) is 7.86. The number of hydrogen-bond donors (Lipinski definition) is 3. The Morgan fingerprint density at radius 2 is 1.95 bits per heavy atom. The molecule has 0 aliphatic carbocycles. The van der Waals surface area contributed by atoms with Gasteiger partial charge in [-0.05, 0) is 19.3 Å². The number of anilines is 2. The van der Waals surface area contributed by atoms with E-state index < -0.39 is 0 Å². The van der Waals surface area contributed by atoms with Crippen LogP contribution in [0.25, 0.3) is 0 Å². The molecule has 1 aromatic rings. The minimum absolute atomic E-state index is 0.134. The van der Waals surface area contributed by atoms with Crippen LogP contribution in [0, 0.1) is 5.41 Å². The average molecular weight is 301 g/mol. The Bertz CT molecular complexity index is 402. The molecule has 1 rings (SSSR count). The Morgan fingerprint density at radius 3 is 2.50 bits per heavy atom. The molecule has 0 amide bonds. The first-order valence-electron chi connectivity index (χ1n) is 7.22. The first-order valence-corrected chi connectivity index (χ1v) is 7.59. The molecule has 1 aromatic heterocycles. The third-order valence-corrected chi connectivity index (χ3v) is 4.02. The highest BCUT2D eigenvalue weighted by molar-refractivity contribution is 6.32. The first-order chi connectivity index (χ1) is 9.60. The maximum atomic E-state index is 9.58. The molecule has 114 valence electrons. The quantitative estimate of drug-likeness (QED) is 0.653. The van der Waals surface area contributed by atoms with Gasteiger partial charge in [0.1, 0.15) is 5.02 Å². The Morgan fingerprint density at radius 1 is 1.25 bits per heavy atom. The van der Waals surface area contributed by atoms with E-state index in [9.17, 15) is 5.11 Å². The molecule has 0 bridgehead atoms. The van der Waals surface area contributed by atoms with Crippen LogP contribution in [0.3, 0.4) is 0 Å². The van der Waals surface area contributed by atoms with Crippen molar-refractivity contribution in [3.63, 3.8) is 0 Å². The van der Waals surface area contributed by atoms with E-state index in [4.69, 9.17) is 11.6 Å². The topological polar surface area (TPSA) is 70.1 Å². The predicted octanol–water partition coefficient (Wildman–Crippen LogP) is 3.16. The second kappa shape index (κ2) is 8.27. The molecule has 0 aliphatic heterocycles. The van der Waals surface area contributed by atoms with Crippen molar-refractivity contribution < 1.29 is 5.11 Å². The fraction of sp³-hybridized carbons (Fsp3) is 0.714. The summed E-state index contributed by atoms with van der Waals surface area (Å²) in [5.41, 5.74) is -0.134. The van der Waals surface area contributed by atoms with Crippen molar-refractivity contribution in [2.24, 2.45) is 5.41 Å². The summed E-state index contributed by atoms with van der Waals surface area (Å²) in [5.74, 6) is 1.18. The molecule has 20 heavy (non-hydrogen) atoms. The molecule has 0 radical (unpaired) electrons. The van der Waals surface area contributed by atoms with Crippen LogP contribution in [0.2, 0.25) is 5.02 Å². The first kappa shape index (κ1) is 17.0. The van der Waals surface area contributed by atoms with E-state index >= 15 is 0 Å². The molecule has 0 saturated heterocycles. The molecule has 0 aliphatic rings. The van der Waals surface area contributed by atoms with Gasteiger partial charge in [0.25, 0.3) is 0 Å². The smallest absolute Gasteiger partial charge is 0.224 e. The van der Waals surface area contributed by atoms with Crippen molar-refractivity contribution >= 4 is 23.4 Å². The van der Waals surface area contributed by atoms with Crippen molar-refractivity contribution in [2.75, 3.05) is 30.3 Å². The van der Waals surface area contributed by atoms with Gasteiger partial charge in [-0.25, -0.2) is 4.98 Å². The molecule has 1 heterocycles. The number of rotatable bonds is 9. The molecule has 0 spiro atoms. The van der Waals surface area contributed by atoms with E-state index in [1.165, 1.54) is 0 Å². The van der Waals surface area contributed by atoms with Crippen LogP contribution in [0.5, 0.6) is 0 Å². The Kier molecular flexibility index (Phi) is 7.02. The zero-order chi connectivity index (χ0) is 15.0. The van der Waals surface area contributed by atoms with Crippen molar-refractivity contribution in [3.05, 3.63) is 11.2 Å². The third-order valence-electron chi connectivity index (χ3n) is 3.74. The second-order valence-corrected chi connectivity index (χ2v) is 5.44. The van der Waals surface area contributed by atoms with Crippen LogP contribution in [0.1, 0.15) is 40.0 Å². The summed E-state index contributed by atoms with van der Waals surface area (Å²) in [4.78, 5) is 8.51. The second-order valence-electron chi connectivity index (χ2n) is 5.04. The van der Waals surface area contributed by atoms with Crippen LogP contribution in [-0.2, 0) is 0 Å². The molecule has 0 atom stereocenters. The third kappa shape index (κ3) is 4.49. The van der Waals surface area contributed by atoms with E-state index in [2.05, 4.69) is 41.4 Å². The minimum Gasteiger partial charge on any atom is -0.396 e. The van der Waals surface area contributed by atoms with E-state index in [0.29, 0.717) is 23.3 Å². The molecule has 0 aromatic carbocycles. The van der Waals surface area contributed by atoms with Gasteiger partial charge in [-0.2, -0.15) is 4.98 Å². The van der Waals surface area contributed by atoms with Gasteiger partial charge in [0.05, 0.1) is 12.8 Å². The van der Waals surface area contributed by atoms with Gasteiger partial charge in [-0.15, -0.1) is 0 Å².